The maximum atomic E-state index is 12.5. The maximum Gasteiger partial charge on any atom is 0.309 e. The first kappa shape index (κ1) is 17.8. The van der Waals surface area contributed by atoms with Gasteiger partial charge in [-0.2, -0.15) is 0 Å². The predicted octanol–water partition coefficient (Wildman–Crippen LogP) is 5.31. The minimum atomic E-state index is 0.0857. The van der Waals surface area contributed by atoms with Crippen molar-refractivity contribution < 1.29 is 9.53 Å². The van der Waals surface area contributed by atoms with Gasteiger partial charge in [-0.05, 0) is 53.8 Å². The molecule has 2 bridgehead atoms. The molecule has 22 heavy (non-hydrogen) atoms. The van der Waals surface area contributed by atoms with Crippen LogP contribution < -0.4 is 0 Å². The Morgan fingerprint density at radius 1 is 1.00 bits per heavy atom. The molecule has 128 valence electrons. The number of rotatable bonds is 4. The molecule has 0 aromatic heterocycles. The molecule has 5 unspecified atom stereocenters. The molecule has 5 atom stereocenters. The maximum absolute atomic E-state index is 12.5. The minimum Gasteiger partial charge on any atom is -0.465 e. The Labute approximate surface area is 137 Å². The van der Waals surface area contributed by atoms with Crippen molar-refractivity contribution in [3.63, 3.8) is 0 Å². The molecule has 0 aromatic rings. The summed E-state index contributed by atoms with van der Waals surface area (Å²) in [4.78, 5) is 12.5. The fraction of sp³-hybridized carbons (Fsp3) is 0.950. The van der Waals surface area contributed by atoms with Gasteiger partial charge in [0.1, 0.15) is 0 Å². The van der Waals surface area contributed by atoms with Crippen molar-refractivity contribution in [1.29, 1.82) is 0 Å². The first-order valence-corrected chi connectivity index (χ1v) is 9.24. The Kier molecular flexibility index (Phi) is 5.00. The highest BCUT2D eigenvalue weighted by Gasteiger charge is 2.60. The van der Waals surface area contributed by atoms with Gasteiger partial charge in [-0.1, -0.05) is 54.9 Å². The van der Waals surface area contributed by atoms with Crippen molar-refractivity contribution in [2.45, 2.75) is 74.1 Å². The number of hydrogen-bond donors (Lipinski definition) is 0. The zero-order valence-corrected chi connectivity index (χ0v) is 15.7. The van der Waals surface area contributed by atoms with Crippen LogP contribution in [0.4, 0.5) is 0 Å². The van der Waals surface area contributed by atoms with E-state index in [-0.39, 0.29) is 17.3 Å². The van der Waals surface area contributed by atoms with Gasteiger partial charge in [0.15, 0.2) is 0 Å². The molecule has 2 nitrogen and oxygen atoms in total. The van der Waals surface area contributed by atoms with Crippen LogP contribution >= 0.6 is 0 Å². The second-order valence-electron chi connectivity index (χ2n) is 9.81. The molecule has 0 aromatic carbocycles. The monoisotopic (exact) mass is 308 g/mol. The van der Waals surface area contributed by atoms with E-state index < -0.39 is 0 Å². The summed E-state index contributed by atoms with van der Waals surface area (Å²) >= 11 is 0. The standard InChI is InChI=1S/C20H36O2/c1-8-9-10-22-18(21)15-12-13-11-14(15)17(20(5,6)7)16(13)19(2,3)4/h13-17H,8-12H2,1-7H3. The van der Waals surface area contributed by atoms with Crippen molar-refractivity contribution in [3.05, 3.63) is 0 Å². The highest BCUT2D eigenvalue weighted by atomic mass is 16.5. The second-order valence-corrected chi connectivity index (χ2v) is 9.81. The van der Waals surface area contributed by atoms with E-state index in [2.05, 4.69) is 48.5 Å². The van der Waals surface area contributed by atoms with Gasteiger partial charge in [0.25, 0.3) is 0 Å². The summed E-state index contributed by atoms with van der Waals surface area (Å²) in [6.07, 6.45) is 4.36. The molecule has 0 amide bonds. The fourth-order valence-electron chi connectivity index (χ4n) is 5.48. The Morgan fingerprint density at radius 3 is 2.09 bits per heavy atom. The van der Waals surface area contributed by atoms with Crippen LogP contribution in [0, 0.1) is 40.4 Å². The summed E-state index contributed by atoms with van der Waals surface area (Å²) in [7, 11) is 0. The molecule has 2 heteroatoms. The lowest BCUT2D eigenvalue weighted by Crippen LogP contribution is -2.44. The quantitative estimate of drug-likeness (QED) is 0.519. The molecular weight excluding hydrogens is 272 g/mol. The number of carbonyl (C=O) groups is 1. The number of ether oxygens (including phenoxy) is 1. The van der Waals surface area contributed by atoms with Gasteiger partial charge in [-0.15, -0.1) is 0 Å². The smallest absolute Gasteiger partial charge is 0.309 e. The third kappa shape index (κ3) is 3.36. The molecular formula is C20H36O2. The van der Waals surface area contributed by atoms with E-state index in [4.69, 9.17) is 4.74 Å². The summed E-state index contributed by atoms with van der Waals surface area (Å²) in [6, 6.07) is 0. The van der Waals surface area contributed by atoms with Crippen molar-refractivity contribution >= 4 is 5.97 Å². The third-order valence-corrected chi connectivity index (χ3v) is 6.05. The number of fused-ring (bicyclic) bond motifs is 2. The van der Waals surface area contributed by atoms with E-state index in [0.717, 1.165) is 25.2 Å². The van der Waals surface area contributed by atoms with Crippen molar-refractivity contribution in [2.24, 2.45) is 40.4 Å². The Morgan fingerprint density at radius 2 is 1.59 bits per heavy atom. The average Bonchev–Trinajstić information content (AvgIpc) is 2.94. The highest BCUT2D eigenvalue weighted by molar-refractivity contribution is 5.73. The van der Waals surface area contributed by atoms with E-state index in [1.807, 2.05) is 0 Å². The molecule has 2 fully saturated rings. The summed E-state index contributed by atoms with van der Waals surface area (Å²) in [5.74, 6) is 2.85. The van der Waals surface area contributed by atoms with E-state index in [9.17, 15) is 4.79 Å². The normalized spacial score (nSPS) is 35.0. The van der Waals surface area contributed by atoms with Crippen molar-refractivity contribution in [3.8, 4) is 0 Å². The van der Waals surface area contributed by atoms with Crippen molar-refractivity contribution in [2.75, 3.05) is 6.61 Å². The average molecular weight is 309 g/mol. The van der Waals surface area contributed by atoms with Gasteiger partial charge in [0, 0.05) is 0 Å². The van der Waals surface area contributed by atoms with E-state index in [1.54, 1.807) is 0 Å². The van der Waals surface area contributed by atoms with E-state index in [1.165, 1.54) is 6.42 Å². The zero-order valence-electron chi connectivity index (χ0n) is 15.7. The third-order valence-electron chi connectivity index (χ3n) is 6.05. The first-order valence-electron chi connectivity index (χ1n) is 9.24. The number of hydrogen-bond acceptors (Lipinski definition) is 2. The molecule has 0 saturated heterocycles. The lowest BCUT2D eigenvalue weighted by Gasteiger charge is -2.48. The van der Waals surface area contributed by atoms with Crippen LogP contribution in [0.15, 0.2) is 0 Å². The molecule has 0 N–H and O–H groups in total. The number of esters is 1. The SMILES string of the molecule is CCCCOC(=O)C1CC2CC1C(C(C)(C)C)C2C(C)(C)C. The zero-order chi connectivity index (χ0) is 16.7. The van der Waals surface area contributed by atoms with Crippen LogP contribution in [0.2, 0.25) is 0 Å². The molecule has 2 aliphatic rings. The van der Waals surface area contributed by atoms with Crippen molar-refractivity contribution in [1.82, 2.24) is 0 Å². The highest BCUT2D eigenvalue weighted by Crippen LogP contribution is 2.64. The number of unbranched alkanes of at least 4 members (excludes halogenated alkanes) is 1. The van der Waals surface area contributed by atoms with Crippen LogP contribution in [0.1, 0.15) is 74.1 Å². The molecule has 2 saturated carbocycles. The van der Waals surface area contributed by atoms with Gasteiger partial charge >= 0.3 is 5.97 Å². The summed E-state index contributed by atoms with van der Waals surface area (Å²) in [6.45, 7) is 17.0. The van der Waals surface area contributed by atoms with Gasteiger partial charge < -0.3 is 4.74 Å². The van der Waals surface area contributed by atoms with Gasteiger partial charge in [-0.3, -0.25) is 4.79 Å². The molecule has 0 radical (unpaired) electrons. The molecule has 0 aliphatic heterocycles. The fourth-order valence-corrected chi connectivity index (χ4v) is 5.48. The summed E-state index contributed by atoms with van der Waals surface area (Å²) in [5, 5.41) is 0. The van der Waals surface area contributed by atoms with Crippen LogP contribution in [0.3, 0.4) is 0 Å². The van der Waals surface area contributed by atoms with Gasteiger partial charge in [0.05, 0.1) is 12.5 Å². The molecule has 0 heterocycles. The summed E-state index contributed by atoms with van der Waals surface area (Å²) in [5.41, 5.74) is 0.591. The minimum absolute atomic E-state index is 0.0857. The topological polar surface area (TPSA) is 26.3 Å². The van der Waals surface area contributed by atoms with Crippen LogP contribution in [0.5, 0.6) is 0 Å². The molecule has 0 spiro atoms. The Bertz CT molecular complexity index is 399. The molecule has 2 aliphatic carbocycles. The lowest BCUT2D eigenvalue weighted by molar-refractivity contribution is -0.153. The summed E-state index contributed by atoms with van der Waals surface area (Å²) < 4.78 is 5.56. The Balaban J connectivity index is 2.14. The van der Waals surface area contributed by atoms with Crippen LogP contribution in [0.25, 0.3) is 0 Å². The van der Waals surface area contributed by atoms with Crippen LogP contribution in [-0.2, 0) is 9.53 Å². The Hall–Kier alpha value is -0.530. The van der Waals surface area contributed by atoms with E-state index >= 15 is 0 Å². The molecule has 2 rings (SSSR count). The van der Waals surface area contributed by atoms with Gasteiger partial charge in [-0.25, -0.2) is 0 Å². The van der Waals surface area contributed by atoms with E-state index in [0.29, 0.717) is 29.8 Å². The first-order chi connectivity index (χ1) is 10.1. The van der Waals surface area contributed by atoms with Crippen LogP contribution in [-0.4, -0.2) is 12.6 Å². The predicted molar refractivity (Wildman–Crippen MR) is 91.5 cm³/mol. The largest absolute Gasteiger partial charge is 0.465 e. The van der Waals surface area contributed by atoms with Gasteiger partial charge in [0.2, 0.25) is 0 Å². The second kappa shape index (κ2) is 6.17. The number of carbonyl (C=O) groups excluding carboxylic acids is 1. The lowest BCUT2D eigenvalue weighted by atomic mass is 9.57.